The molecule has 3 aromatic rings. The highest BCUT2D eigenvalue weighted by molar-refractivity contribution is 5.87. The van der Waals surface area contributed by atoms with Gasteiger partial charge in [0, 0.05) is 17.5 Å². The van der Waals surface area contributed by atoms with Crippen LogP contribution in [0.5, 0.6) is 11.6 Å². The van der Waals surface area contributed by atoms with Crippen LogP contribution < -0.4 is 4.74 Å². The normalized spacial score (nSPS) is 10.6. The van der Waals surface area contributed by atoms with E-state index < -0.39 is 5.97 Å². The minimum absolute atomic E-state index is 0.00231. The van der Waals surface area contributed by atoms with Gasteiger partial charge >= 0.3 is 5.97 Å². The van der Waals surface area contributed by atoms with Crippen LogP contribution in [0.1, 0.15) is 27.3 Å². The molecule has 0 amide bonds. The number of ether oxygens (including phenoxy) is 1. The molecule has 0 bridgehead atoms. The summed E-state index contributed by atoms with van der Waals surface area (Å²) in [6.45, 7) is 5.96. The maximum Gasteiger partial charge on any atom is 0.362 e. The van der Waals surface area contributed by atoms with Crippen LogP contribution in [0.15, 0.2) is 30.5 Å². The molecule has 0 fully saturated rings. The van der Waals surface area contributed by atoms with Crippen molar-refractivity contribution in [1.82, 2.24) is 20.4 Å². The van der Waals surface area contributed by atoms with Crippen molar-refractivity contribution in [3.63, 3.8) is 0 Å². The molecule has 0 saturated heterocycles. The fraction of sp³-hybridized carbons (Fsp3) is 0.176. The van der Waals surface area contributed by atoms with E-state index in [4.69, 9.17) is 9.84 Å². The van der Waals surface area contributed by atoms with Gasteiger partial charge < -0.3 is 9.84 Å². The quantitative estimate of drug-likeness (QED) is 0.763. The van der Waals surface area contributed by atoms with Crippen molar-refractivity contribution in [2.24, 2.45) is 0 Å². The summed E-state index contributed by atoms with van der Waals surface area (Å²) in [5, 5.41) is 18.4. The van der Waals surface area contributed by atoms with Gasteiger partial charge in [0.05, 0.1) is 0 Å². The van der Waals surface area contributed by atoms with E-state index in [1.54, 1.807) is 6.07 Å². The lowest BCUT2D eigenvalue weighted by Crippen LogP contribution is -2.00. The van der Waals surface area contributed by atoms with E-state index in [-0.39, 0.29) is 11.6 Å². The van der Waals surface area contributed by atoms with Gasteiger partial charge in [0.25, 0.3) is 5.88 Å². The van der Waals surface area contributed by atoms with Crippen LogP contribution in [0.4, 0.5) is 0 Å². The lowest BCUT2D eigenvalue weighted by Gasteiger charge is -2.10. The number of nitrogens with one attached hydrogen (secondary N) is 1. The summed E-state index contributed by atoms with van der Waals surface area (Å²) in [7, 11) is 0. The van der Waals surface area contributed by atoms with Crippen molar-refractivity contribution in [3.8, 4) is 22.8 Å². The lowest BCUT2D eigenvalue weighted by atomic mass is 10.00. The Labute approximate surface area is 138 Å². The third kappa shape index (κ3) is 2.96. The number of nitrogens with zero attached hydrogens (tertiary/aromatic N) is 3. The largest absolute Gasteiger partial charge is 0.476 e. The van der Waals surface area contributed by atoms with Crippen molar-refractivity contribution in [1.29, 1.82) is 0 Å². The Kier molecular flexibility index (Phi) is 3.99. The van der Waals surface area contributed by atoms with Crippen LogP contribution in [-0.4, -0.2) is 31.5 Å². The monoisotopic (exact) mass is 324 g/mol. The summed E-state index contributed by atoms with van der Waals surface area (Å²) in [5.41, 5.74) is 4.93. The average molecular weight is 324 g/mol. The second-order valence-electron chi connectivity index (χ2n) is 5.50. The number of pyridine rings is 1. The summed E-state index contributed by atoms with van der Waals surface area (Å²) in [6.07, 6.45) is 1.84. The van der Waals surface area contributed by atoms with E-state index >= 15 is 0 Å². The number of carbonyl (C=O) groups is 1. The Morgan fingerprint density at radius 3 is 2.62 bits per heavy atom. The smallest absolute Gasteiger partial charge is 0.362 e. The standard InChI is InChI=1S/C17H16N4O3/c1-9-6-12(8-18-11(9)3)14-5-4-13(7-10(14)2)24-16-15(17(22)23)19-21-20-16/h4-8H,1-3H3,(H,22,23)(H,19,20,21). The molecule has 0 unspecified atom stereocenters. The molecule has 24 heavy (non-hydrogen) atoms. The molecule has 0 radical (unpaired) electrons. The number of hydrogen-bond donors (Lipinski definition) is 2. The van der Waals surface area contributed by atoms with Gasteiger partial charge in [-0.25, -0.2) is 9.89 Å². The van der Waals surface area contributed by atoms with E-state index in [9.17, 15) is 4.79 Å². The van der Waals surface area contributed by atoms with Crippen molar-refractivity contribution in [2.75, 3.05) is 0 Å². The Morgan fingerprint density at radius 2 is 1.96 bits per heavy atom. The first-order valence-corrected chi connectivity index (χ1v) is 7.32. The van der Waals surface area contributed by atoms with Crippen molar-refractivity contribution >= 4 is 5.97 Å². The fourth-order valence-corrected chi connectivity index (χ4v) is 2.36. The minimum Gasteiger partial charge on any atom is -0.476 e. The molecule has 0 saturated carbocycles. The Hall–Kier alpha value is -3.22. The number of carboxylic acid groups (broad SMARTS) is 1. The van der Waals surface area contributed by atoms with Crippen LogP contribution in [0.3, 0.4) is 0 Å². The summed E-state index contributed by atoms with van der Waals surface area (Å²) >= 11 is 0. The number of carboxylic acids is 1. The fourth-order valence-electron chi connectivity index (χ4n) is 2.36. The molecule has 0 aliphatic carbocycles. The number of H-pyrrole nitrogens is 1. The summed E-state index contributed by atoms with van der Waals surface area (Å²) in [4.78, 5) is 15.4. The second kappa shape index (κ2) is 6.11. The van der Waals surface area contributed by atoms with E-state index in [0.717, 1.165) is 27.9 Å². The van der Waals surface area contributed by atoms with Crippen molar-refractivity contribution in [3.05, 3.63) is 53.0 Å². The third-order valence-corrected chi connectivity index (χ3v) is 3.79. The minimum atomic E-state index is -1.20. The van der Waals surface area contributed by atoms with Crippen LogP contribution in [0.25, 0.3) is 11.1 Å². The highest BCUT2D eigenvalue weighted by atomic mass is 16.5. The van der Waals surface area contributed by atoms with Gasteiger partial charge in [0.15, 0.2) is 0 Å². The van der Waals surface area contributed by atoms with Gasteiger partial charge in [-0.05, 0) is 55.7 Å². The van der Waals surface area contributed by atoms with E-state index in [1.807, 2.05) is 39.1 Å². The van der Waals surface area contributed by atoms with Gasteiger partial charge in [-0.15, -0.1) is 5.10 Å². The molecule has 7 nitrogen and oxygen atoms in total. The number of benzene rings is 1. The number of hydrogen-bond acceptors (Lipinski definition) is 5. The summed E-state index contributed by atoms with van der Waals surface area (Å²) in [6, 6.07) is 7.61. The second-order valence-corrected chi connectivity index (χ2v) is 5.50. The van der Waals surface area contributed by atoms with Crippen LogP contribution in [-0.2, 0) is 0 Å². The van der Waals surface area contributed by atoms with Crippen molar-refractivity contribution < 1.29 is 14.6 Å². The molecular formula is C17H16N4O3. The molecule has 7 heteroatoms. The molecule has 122 valence electrons. The Bertz CT molecular complexity index is 918. The lowest BCUT2D eigenvalue weighted by molar-refractivity contribution is 0.0687. The number of aromatic carboxylic acids is 1. The van der Waals surface area contributed by atoms with E-state index in [1.165, 1.54) is 0 Å². The maximum atomic E-state index is 11.0. The first-order chi connectivity index (χ1) is 11.5. The predicted molar refractivity (Wildman–Crippen MR) is 87.3 cm³/mol. The average Bonchev–Trinajstić information content (AvgIpc) is 2.99. The molecule has 0 spiro atoms. The molecule has 0 aliphatic heterocycles. The van der Waals surface area contributed by atoms with Gasteiger partial charge in [-0.3, -0.25) is 4.98 Å². The highest BCUT2D eigenvalue weighted by Crippen LogP contribution is 2.29. The first kappa shape index (κ1) is 15.7. The SMILES string of the molecule is Cc1cc(Oc2[nH]nnc2C(=O)O)ccc1-c1cnc(C)c(C)c1. The van der Waals surface area contributed by atoms with Gasteiger partial charge in [-0.2, -0.15) is 0 Å². The zero-order chi connectivity index (χ0) is 17.3. The first-order valence-electron chi connectivity index (χ1n) is 7.32. The molecular weight excluding hydrogens is 308 g/mol. The molecule has 2 heterocycles. The summed E-state index contributed by atoms with van der Waals surface area (Å²) in [5.74, 6) is -0.697. The molecule has 2 N–H and O–H groups in total. The molecule has 2 aromatic heterocycles. The number of aromatic amines is 1. The molecule has 3 rings (SSSR count). The zero-order valence-electron chi connectivity index (χ0n) is 13.5. The van der Waals surface area contributed by atoms with E-state index in [2.05, 4.69) is 26.5 Å². The molecule has 0 atom stereocenters. The Morgan fingerprint density at radius 1 is 1.17 bits per heavy atom. The maximum absolute atomic E-state index is 11.0. The topological polar surface area (TPSA) is 101 Å². The van der Waals surface area contributed by atoms with Gasteiger partial charge in [0.1, 0.15) is 5.75 Å². The van der Waals surface area contributed by atoms with Crippen LogP contribution in [0, 0.1) is 20.8 Å². The molecule has 1 aromatic carbocycles. The summed E-state index contributed by atoms with van der Waals surface area (Å²) < 4.78 is 5.55. The highest BCUT2D eigenvalue weighted by Gasteiger charge is 2.17. The zero-order valence-corrected chi connectivity index (χ0v) is 13.5. The number of rotatable bonds is 4. The van der Waals surface area contributed by atoms with Crippen LogP contribution in [0.2, 0.25) is 0 Å². The predicted octanol–water partition coefficient (Wildman–Crippen LogP) is 3.28. The molecule has 0 aliphatic rings. The Balaban J connectivity index is 1.91. The van der Waals surface area contributed by atoms with Crippen molar-refractivity contribution in [2.45, 2.75) is 20.8 Å². The number of aromatic nitrogens is 4. The van der Waals surface area contributed by atoms with Gasteiger partial charge in [0.2, 0.25) is 5.69 Å². The third-order valence-electron chi connectivity index (χ3n) is 3.79. The van der Waals surface area contributed by atoms with Gasteiger partial charge in [-0.1, -0.05) is 11.3 Å². The van der Waals surface area contributed by atoms with E-state index in [0.29, 0.717) is 5.75 Å². The van der Waals surface area contributed by atoms with Crippen LogP contribution >= 0.6 is 0 Å². The number of aryl methyl sites for hydroxylation is 3.